The fraction of sp³-hybridized carbons (Fsp3) is 0.125. The standard InChI is InChI=1S/C16H11Cl2N2O3/c17-9-5-8(13(21)11(18)6-9)7-16(14(19)22)10-3-1-2-4-12(10)20-15(16)23/h1,3-6,21H,7H2,(H2,19,22)(H,20,23). The van der Waals surface area contributed by atoms with Gasteiger partial charge < -0.3 is 16.2 Å². The van der Waals surface area contributed by atoms with E-state index in [9.17, 15) is 14.7 Å². The molecule has 5 nitrogen and oxygen atoms in total. The number of anilines is 1. The molecule has 1 heterocycles. The Morgan fingerprint density at radius 1 is 1.39 bits per heavy atom. The lowest BCUT2D eigenvalue weighted by Gasteiger charge is -2.24. The van der Waals surface area contributed by atoms with Crippen molar-refractivity contribution in [1.82, 2.24) is 0 Å². The second-order valence-corrected chi connectivity index (χ2v) is 6.11. The van der Waals surface area contributed by atoms with Gasteiger partial charge in [-0.05, 0) is 29.8 Å². The van der Waals surface area contributed by atoms with E-state index in [2.05, 4.69) is 11.4 Å². The molecule has 0 bridgehead atoms. The minimum absolute atomic E-state index is 0.0344. The molecule has 0 fully saturated rings. The van der Waals surface area contributed by atoms with Crippen LogP contribution in [0.5, 0.6) is 5.75 Å². The third kappa shape index (κ3) is 2.33. The number of hydrogen-bond donors (Lipinski definition) is 3. The largest absolute Gasteiger partial charge is 0.506 e. The number of phenols is 1. The fourth-order valence-corrected chi connectivity index (χ4v) is 3.34. The van der Waals surface area contributed by atoms with Crippen LogP contribution in [0.1, 0.15) is 11.1 Å². The molecule has 2 aromatic carbocycles. The highest BCUT2D eigenvalue weighted by atomic mass is 35.5. The van der Waals surface area contributed by atoms with E-state index >= 15 is 0 Å². The van der Waals surface area contributed by atoms with Gasteiger partial charge in [-0.25, -0.2) is 0 Å². The Balaban J connectivity index is 2.19. The number of amides is 2. The number of nitrogens with two attached hydrogens (primary N) is 1. The Labute approximate surface area is 142 Å². The Bertz CT molecular complexity index is 838. The SMILES string of the molecule is NC(=O)C1(Cc2cc(Cl)cc(Cl)c2O)C(=O)Nc2c[c]ccc21. The number of hydrogen-bond acceptors (Lipinski definition) is 3. The number of carbonyl (C=O) groups is 2. The van der Waals surface area contributed by atoms with Crippen molar-refractivity contribution in [3.05, 3.63) is 57.6 Å². The van der Waals surface area contributed by atoms with E-state index in [4.69, 9.17) is 28.9 Å². The van der Waals surface area contributed by atoms with Crippen LogP contribution in [0, 0.1) is 6.07 Å². The van der Waals surface area contributed by atoms with Gasteiger partial charge in [-0.3, -0.25) is 9.59 Å². The van der Waals surface area contributed by atoms with Crippen molar-refractivity contribution >= 4 is 40.7 Å². The molecule has 1 aliphatic rings. The highest BCUT2D eigenvalue weighted by Gasteiger charge is 2.52. The molecule has 117 valence electrons. The molecule has 1 radical (unpaired) electrons. The predicted molar refractivity (Wildman–Crippen MR) is 86.6 cm³/mol. The average Bonchev–Trinajstić information content (AvgIpc) is 2.77. The molecule has 0 saturated carbocycles. The van der Waals surface area contributed by atoms with Crippen molar-refractivity contribution < 1.29 is 14.7 Å². The summed E-state index contributed by atoms with van der Waals surface area (Å²) in [5, 5.41) is 13.1. The number of fused-ring (bicyclic) bond motifs is 1. The van der Waals surface area contributed by atoms with Gasteiger partial charge in [0.1, 0.15) is 5.75 Å². The Kier molecular flexibility index (Phi) is 3.70. The van der Waals surface area contributed by atoms with Gasteiger partial charge in [0.05, 0.1) is 5.02 Å². The van der Waals surface area contributed by atoms with Crippen LogP contribution in [0.3, 0.4) is 0 Å². The number of benzene rings is 2. The first-order valence-corrected chi connectivity index (χ1v) is 7.40. The zero-order chi connectivity index (χ0) is 16.8. The van der Waals surface area contributed by atoms with E-state index in [0.29, 0.717) is 11.3 Å². The molecule has 3 rings (SSSR count). The van der Waals surface area contributed by atoms with Gasteiger partial charge in [-0.2, -0.15) is 0 Å². The van der Waals surface area contributed by atoms with Crippen molar-refractivity contribution in [3.8, 4) is 5.75 Å². The van der Waals surface area contributed by atoms with Crippen LogP contribution < -0.4 is 11.1 Å². The van der Waals surface area contributed by atoms with Gasteiger partial charge in [0.25, 0.3) is 0 Å². The lowest BCUT2D eigenvalue weighted by Crippen LogP contribution is -2.48. The lowest BCUT2D eigenvalue weighted by molar-refractivity contribution is -0.132. The number of rotatable bonds is 3. The zero-order valence-corrected chi connectivity index (χ0v) is 13.2. The molecule has 1 aliphatic heterocycles. The zero-order valence-electron chi connectivity index (χ0n) is 11.7. The maximum absolute atomic E-state index is 12.5. The van der Waals surface area contributed by atoms with Gasteiger partial charge in [0, 0.05) is 22.7 Å². The Hall–Kier alpha value is -2.24. The monoisotopic (exact) mass is 349 g/mol. The minimum atomic E-state index is -1.64. The van der Waals surface area contributed by atoms with Gasteiger partial charge >= 0.3 is 0 Å². The number of nitrogens with one attached hydrogen (secondary N) is 1. The summed E-state index contributed by atoms with van der Waals surface area (Å²) in [5.74, 6) is -1.62. The molecule has 2 aromatic rings. The molecule has 1 unspecified atom stereocenters. The van der Waals surface area contributed by atoms with Crippen molar-refractivity contribution in [2.24, 2.45) is 5.73 Å². The Morgan fingerprint density at radius 3 is 2.83 bits per heavy atom. The van der Waals surface area contributed by atoms with Crippen LogP contribution in [-0.4, -0.2) is 16.9 Å². The molecule has 4 N–H and O–H groups in total. The van der Waals surface area contributed by atoms with Crippen LogP contribution in [0.15, 0.2) is 30.3 Å². The van der Waals surface area contributed by atoms with Gasteiger partial charge in [-0.15, -0.1) is 0 Å². The lowest BCUT2D eigenvalue weighted by atomic mass is 9.75. The van der Waals surface area contributed by atoms with Crippen molar-refractivity contribution in [3.63, 3.8) is 0 Å². The number of aromatic hydroxyl groups is 1. The molecule has 2 amide bonds. The second kappa shape index (κ2) is 5.44. The molecular formula is C16H11Cl2N2O3. The predicted octanol–water partition coefficient (Wildman–Crippen LogP) is 2.42. The summed E-state index contributed by atoms with van der Waals surface area (Å²) in [6.07, 6.45) is -0.155. The first-order valence-electron chi connectivity index (χ1n) is 6.65. The molecule has 23 heavy (non-hydrogen) atoms. The summed E-state index contributed by atoms with van der Waals surface area (Å²) in [6.45, 7) is 0. The summed E-state index contributed by atoms with van der Waals surface area (Å²) in [4.78, 5) is 24.7. The van der Waals surface area contributed by atoms with Crippen LogP contribution in [0.25, 0.3) is 0 Å². The summed E-state index contributed by atoms with van der Waals surface area (Å²) < 4.78 is 0. The molecule has 0 aromatic heterocycles. The van der Waals surface area contributed by atoms with E-state index in [1.807, 2.05) is 0 Å². The summed E-state index contributed by atoms with van der Waals surface area (Å²) in [6, 6.07) is 10.4. The third-order valence-corrected chi connectivity index (χ3v) is 4.45. The second-order valence-electron chi connectivity index (χ2n) is 5.27. The van der Waals surface area contributed by atoms with E-state index in [-0.39, 0.29) is 27.8 Å². The highest BCUT2D eigenvalue weighted by Crippen LogP contribution is 2.43. The maximum atomic E-state index is 12.5. The topological polar surface area (TPSA) is 92.4 Å². The molecular weight excluding hydrogens is 339 g/mol. The summed E-state index contributed by atoms with van der Waals surface area (Å²) in [7, 11) is 0. The summed E-state index contributed by atoms with van der Waals surface area (Å²) >= 11 is 11.9. The maximum Gasteiger partial charge on any atom is 0.245 e. The van der Waals surface area contributed by atoms with Gasteiger partial charge in [0.15, 0.2) is 5.41 Å². The number of halogens is 2. The van der Waals surface area contributed by atoms with E-state index in [1.165, 1.54) is 12.1 Å². The quantitative estimate of drug-likeness (QED) is 0.743. The van der Waals surface area contributed by atoms with Crippen LogP contribution in [0.4, 0.5) is 5.69 Å². The normalized spacial score (nSPS) is 19.3. The first-order chi connectivity index (χ1) is 10.9. The summed E-state index contributed by atoms with van der Waals surface area (Å²) in [5.41, 5.74) is 5.07. The smallest absolute Gasteiger partial charge is 0.245 e. The van der Waals surface area contributed by atoms with E-state index < -0.39 is 17.2 Å². The van der Waals surface area contributed by atoms with Crippen LogP contribution in [-0.2, 0) is 21.4 Å². The van der Waals surface area contributed by atoms with E-state index in [1.54, 1.807) is 18.2 Å². The molecule has 0 saturated heterocycles. The number of phenolic OH excluding ortho intramolecular Hbond substituents is 1. The number of primary amides is 1. The van der Waals surface area contributed by atoms with Gasteiger partial charge in [0.2, 0.25) is 11.8 Å². The Morgan fingerprint density at radius 2 is 2.13 bits per heavy atom. The van der Waals surface area contributed by atoms with E-state index in [0.717, 1.165) is 0 Å². The van der Waals surface area contributed by atoms with Crippen LogP contribution >= 0.6 is 23.2 Å². The van der Waals surface area contributed by atoms with Crippen molar-refractivity contribution in [2.45, 2.75) is 11.8 Å². The molecule has 7 heteroatoms. The highest BCUT2D eigenvalue weighted by molar-refractivity contribution is 6.35. The third-order valence-electron chi connectivity index (χ3n) is 3.94. The molecule has 0 spiro atoms. The minimum Gasteiger partial charge on any atom is -0.506 e. The van der Waals surface area contributed by atoms with Crippen molar-refractivity contribution in [1.29, 1.82) is 0 Å². The first kappa shape index (κ1) is 15.6. The fourth-order valence-electron chi connectivity index (χ4n) is 2.80. The average molecular weight is 350 g/mol. The van der Waals surface area contributed by atoms with Crippen molar-refractivity contribution in [2.75, 3.05) is 5.32 Å². The van der Waals surface area contributed by atoms with Gasteiger partial charge in [-0.1, -0.05) is 35.3 Å². The molecule has 1 atom stereocenters. The number of carbonyl (C=O) groups excluding carboxylic acids is 2. The van der Waals surface area contributed by atoms with Crippen LogP contribution in [0.2, 0.25) is 10.0 Å². The molecule has 0 aliphatic carbocycles.